The van der Waals surface area contributed by atoms with Crippen LogP contribution < -0.4 is 4.72 Å². The van der Waals surface area contributed by atoms with E-state index in [0.717, 1.165) is 6.42 Å². The predicted molar refractivity (Wildman–Crippen MR) is 72.0 cm³/mol. The maximum Gasteiger partial charge on any atom is 0.216 e. The average Bonchev–Trinajstić information content (AvgIpc) is 2.21. The van der Waals surface area contributed by atoms with Crippen LogP contribution in [0.25, 0.3) is 0 Å². The van der Waals surface area contributed by atoms with Crippen LogP contribution in [0.1, 0.15) is 25.8 Å². The molecule has 1 unspecified atom stereocenters. The van der Waals surface area contributed by atoms with Crippen LogP contribution >= 0.6 is 23.2 Å². The van der Waals surface area contributed by atoms with Crippen LogP contribution in [-0.4, -0.2) is 14.5 Å². The summed E-state index contributed by atoms with van der Waals surface area (Å²) in [6.45, 7) is 3.74. The number of halogens is 2. The third kappa shape index (κ3) is 4.84. The van der Waals surface area contributed by atoms with Crippen LogP contribution in [0, 0.1) is 0 Å². The van der Waals surface area contributed by atoms with Gasteiger partial charge in [-0.3, -0.25) is 0 Å². The first-order valence-electron chi connectivity index (χ1n) is 5.28. The molecule has 0 spiro atoms. The molecule has 0 aliphatic heterocycles. The van der Waals surface area contributed by atoms with Crippen molar-refractivity contribution in [2.24, 2.45) is 0 Å². The van der Waals surface area contributed by atoms with Gasteiger partial charge in [0, 0.05) is 16.1 Å². The molecule has 1 aromatic rings. The largest absolute Gasteiger partial charge is 0.216 e. The summed E-state index contributed by atoms with van der Waals surface area (Å²) in [6.07, 6.45) is 0.744. The van der Waals surface area contributed by atoms with Gasteiger partial charge in [-0.15, -0.1) is 0 Å². The fourth-order valence-electron chi connectivity index (χ4n) is 1.27. The van der Waals surface area contributed by atoms with E-state index in [1.54, 1.807) is 12.1 Å². The van der Waals surface area contributed by atoms with E-state index in [2.05, 4.69) is 4.72 Å². The lowest BCUT2D eigenvalue weighted by Crippen LogP contribution is -2.33. The summed E-state index contributed by atoms with van der Waals surface area (Å²) in [7, 11) is -3.36. The zero-order valence-electron chi connectivity index (χ0n) is 9.70. The molecule has 0 saturated carbocycles. The van der Waals surface area contributed by atoms with E-state index >= 15 is 0 Å². The van der Waals surface area contributed by atoms with Gasteiger partial charge in [-0.2, -0.15) is 0 Å². The first-order chi connectivity index (χ1) is 7.84. The molecule has 0 aliphatic rings. The van der Waals surface area contributed by atoms with Crippen LogP contribution in [0.3, 0.4) is 0 Å². The van der Waals surface area contributed by atoms with Crippen molar-refractivity contribution >= 4 is 33.2 Å². The van der Waals surface area contributed by atoms with Gasteiger partial charge in [0.25, 0.3) is 0 Å². The lowest BCUT2D eigenvalue weighted by atomic mass is 10.2. The number of nitrogens with one attached hydrogen (secondary N) is 1. The molecule has 0 saturated heterocycles. The summed E-state index contributed by atoms with van der Waals surface area (Å²) in [5.74, 6) is -0.132. The zero-order valence-corrected chi connectivity index (χ0v) is 12.0. The highest BCUT2D eigenvalue weighted by Gasteiger charge is 2.16. The third-order valence-electron chi connectivity index (χ3n) is 2.35. The van der Waals surface area contributed by atoms with Gasteiger partial charge >= 0.3 is 0 Å². The second kappa shape index (κ2) is 6.05. The maximum atomic E-state index is 11.8. The smallest absolute Gasteiger partial charge is 0.212 e. The molecule has 17 heavy (non-hydrogen) atoms. The quantitative estimate of drug-likeness (QED) is 0.907. The first kappa shape index (κ1) is 14.8. The van der Waals surface area contributed by atoms with E-state index < -0.39 is 10.0 Å². The highest BCUT2D eigenvalue weighted by atomic mass is 35.5. The Bertz CT molecular complexity index is 488. The molecule has 3 nitrogen and oxygen atoms in total. The van der Waals surface area contributed by atoms with Gasteiger partial charge in [-0.05, 0) is 31.0 Å². The first-order valence-corrected chi connectivity index (χ1v) is 7.69. The van der Waals surface area contributed by atoms with Crippen molar-refractivity contribution in [2.75, 3.05) is 0 Å². The fourth-order valence-corrected chi connectivity index (χ4v) is 3.35. The predicted octanol–water partition coefficient (Wildman–Crippen LogP) is 3.21. The Balaban J connectivity index is 2.83. The summed E-state index contributed by atoms with van der Waals surface area (Å²) < 4.78 is 26.2. The van der Waals surface area contributed by atoms with E-state index in [1.165, 1.54) is 6.07 Å². The Kier molecular flexibility index (Phi) is 5.25. The van der Waals surface area contributed by atoms with Crippen molar-refractivity contribution in [1.29, 1.82) is 0 Å². The minimum atomic E-state index is -3.36. The summed E-state index contributed by atoms with van der Waals surface area (Å²) in [6, 6.07) is 4.71. The van der Waals surface area contributed by atoms with Crippen molar-refractivity contribution in [3.05, 3.63) is 33.8 Å². The fraction of sp³-hybridized carbons (Fsp3) is 0.455. The van der Waals surface area contributed by atoms with Gasteiger partial charge < -0.3 is 0 Å². The van der Waals surface area contributed by atoms with Crippen LogP contribution in [0.4, 0.5) is 0 Å². The molecule has 6 heteroatoms. The molecule has 1 atom stereocenters. The van der Waals surface area contributed by atoms with E-state index in [-0.39, 0.29) is 11.8 Å². The highest BCUT2D eigenvalue weighted by molar-refractivity contribution is 7.88. The number of sulfonamides is 1. The second-order valence-corrected chi connectivity index (χ2v) is 6.52. The lowest BCUT2D eigenvalue weighted by molar-refractivity contribution is 0.555. The van der Waals surface area contributed by atoms with Gasteiger partial charge in [-0.25, -0.2) is 13.1 Å². The monoisotopic (exact) mass is 295 g/mol. The van der Waals surface area contributed by atoms with Gasteiger partial charge in [0.05, 0.1) is 5.75 Å². The van der Waals surface area contributed by atoms with Gasteiger partial charge in [0.2, 0.25) is 10.0 Å². The molecule has 0 radical (unpaired) electrons. The minimum absolute atomic E-state index is 0.0777. The highest BCUT2D eigenvalue weighted by Crippen LogP contribution is 2.22. The van der Waals surface area contributed by atoms with Crippen LogP contribution in [0.15, 0.2) is 18.2 Å². The molecule has 0 aliphatic carbocycles. The molecule has 1 N–H and O–H groups in total. The molecule has 0 aromatic heterocycles. The topological polar surface area (TPSA) is 46.2 Å². The van der Waals surface area contributed by atoms with Gasteiger partial charge in [0.1, 0.15) is 0 Å². The summed E-state index contributed by atoms with van der Waals surface area (Å²) in [5, 5.41) is 0.859. The molecule has 1 rings (SSSR count). The average molecular weight is 296 g/mol. The van der Waals surface area contributed by atoms with E-state index in [1.807, 2.05) is 13.8 Å². The van der Waals surface area contributed by atoms with E-state index in [4.69, 9.17) is 23.2 Å². The second-order valence-electron chi connectivity index (χ2n) is 3.92. The van der Waals surface area contributed by atoms with E-state index in [9.17, 15) is 8.42 Å². The van der Waals surface area contributed by atoms with Crippen molar-refractivity contribution in [2.45, 2.75) is 32.1 Å². The van der Waals surface area contributed by atoms with Crippen molar-refractivity contribution in [3.63, 3.8) is 0 Å². The minimum Gasteiger partial charge on any atom is -0.212 e. The van der Waals surface area contributed by atoms with Gasteiger partial charge in [0.15, 0.2) is 0 Å². The van der Waals surface area contributed by atoms with Crippen molar-refractivity contribution in [3.8, 4) is 0 Å². The Morgan fingerprint density at radius 2 is 2.00 bits per heavy atom. The van der Waals surface area contributed by atoms with Gasteiger partial charge in [-0.1, -0.05) is 36.2 Å². The Labute approximate surface area is 112 Å². The van der Waals surface area contributed by atoms with Crippen LogP contribution in [-0.2, 0) is 15.8 Å². The summed E-state index contributed by atoms with van der Waals surface area (Å²) in [5.41, 5.74) is 0.548. The van der Waals surface area contributed by atoms with Crippen LogP contribution in [0.2, 0.25) is 10.0 Å². The normalized spacial score (nSPS) is 13.6. The molecule has 96 valence electrons. The molecule has 0 fully saturated rings. The molecule has 1 aromatic carbocycles. The number of hydrogen-bond donors (Lipinski definition) is 1. The lowest BCUT2D eigenvalue weighted by Gasteiger charge is -2.12. The Morgan fingerprint density at radius 3 is 2.53 bits per heavy atom. The molecule has 0 amide bonds. The van der Waals surface area contributed by atoms with Crippen molar-refractivity contribution < 1.29 is 8.42 Å². The third-order valence-corrected chi connectivity index (χ3v) is 4.39. The molecule has 0 heterocycles. The molecular weight excluding hydrogens is 281 g/mol. The van der Waals surface area contributed by atoms with E-state index in [0.29, 0.717) is 15.6 Å². The maximum absolute atomic E-state index is 11.8. The Morgan fingerprint density at radius 1 is 1.35 bits per heavy atom. The molecular formula is C11H15Cl2NO2S. The van der Waals surface area contributed by atoms with Crippen LogP contribution in [0.5, 0.6) is 0 Å². The number of hydrogen-bond acceptors (Lipinski definition) is 2. The standard InChI is InChI=1S/C11H15Cl2NO2S/c1-3-8(2)14-17(15,16)7-9-4-5-10(12)6-11(9)13/h4-6,8,14H,3,7H2,1-2H3. The van der Waals surface area contributed by atoms with Crippen molar-refractivity contribution in [1.82, 2.24) is 4.72 Å². The molecule has 0 bridgehead atoms. The number of rotatable bonds is 5. The summed E-state index contributed by atoms with van der Waals surface area (Å²) in [4.78, 5) is 0. The SMILES string of the molecule is CCC(C)NS(=O)(=O)Cc1ccc(Cl)cc1Cl. The Hall–Kier alpha value is -0.290. The summed E-state index contributed by atoms with van der Waals surface area (Å²) >= 11 is 11.7. The zero-order chi connectivity index (χ0) is 13.1. The number of benzene rings is 1.